The van der Waals surface area contributed by atoms with Crippen LogP contribution in [0, 0.1) is 0 Å². The van der Waals surface area contributed by atoms with Gasteiger partial charge in [0.05, 0.1) is 14.9 Å². The molecule has 0 N–H and O–H groups in total. The third-order valence-corrected chi connectivity index (χ3v) is 5.91. The number of nitrogens with zero attached hydrogens (tertiary/aromatic N) is 2. The van der Waals surface area contributed by atoms with Gasteiger partial charge in [-0.1, -0.05) is 35.3 Å². The van der Waals surface area contributed by atoms with Gasteiger partial charge in [0.25, 0.3) is 5.91 Å². The molecule has 3 rings (SSSR count). The van der Waals surface area contributed by atoms with Gasteiger partial charge in [0, 0.05) is 20.1 Å². The summed E-state index contributed by atoms with van der Waals surface area (Å²) in [7, 11) is 1.75. The number of thiophene rings is 1. The fraction of sp³-hybridized carbons (Fsp3) is 0.333. The molecule has 132 valence electrons. The van der Waals surface area contributed by atoms with Crippen LogP contribution in [0.25, 0.3) is 0 Å². The van der Waals surface area contributed by atoms with Crippen molar-refractivity contribution in [1.29, 1.82) is 0 Å². The lowest BCUT2D eigenvalue weighted by atomic mass is 10.1. The highest BCUT2D eigenvalue weighted by molar-refractivity contribution is 7.12. The molecule has 0 radical (unpaired) electrons. The van der Waals surface area contributed by atoms with E-state index in [-0.39, 0.29) is 11.8 Å². The average molecular weight is 397 g/mol. The molecule has 1 unspecified atom stereocenters. The first-order valence-electron chi connectivity index (χ1n) is 8.00. The van der Waals surface area contributed by atoms with E-state index < -0.39 is 6.04 Å². The van der Waals surface area contributed by atoms with Gasteiger partial charge in [-0.3, -0.25) is 9.59 Å². The van der Waals surface area contributed by atoms with Crippen LogP contribution < -0.4 is 0 Å². The van der Waals surface area contributed by atoms with Crippen molar-refractivity contribution in [1.82, 2.24) is 9.80 Å². The van der Waals surface area contributed by atoms with E-state index >= 15 is 0 Å². The number of halogens is 2. The maximum Gasteiger partial charge on any atom is 0.264 e. The summed E-state index contributed by atoms with van der Waals surface area (Å²) in [5, 5.41) is 2.83. The van der Waals surface area contributed by atoms with Crippen LogP contribution in [-0.4, -0.2) is 41.2 Å². The van der Waals surface area contributed by atoms with Gasteiger partial charge in [-0.15, -0.1) is 11.3 Å². The van der Waals surface area contributed by atoms with Gasteiger partial charge in [0.1, 0.15) is 6.04 Å². The molecule has 1 aromatic carbocycles. The molecule has 2 aromatic rings. The van der Waals surface area contributed by atoms with Crippen LogP contribution in [0.3, 0.4) is 0 Å². The summed E-state index contributed by atoms with van der Waals surface area (Å²) in [6, 6.07) is 8.58. The second-order valence-electron chi connectivity index (χ2n) is 6.08. The van der Waals surface area contributed by atoms with Crippen molar-refractivity contribution < 1.29 is 9.59 Å². The Balaban J connectivity index is 1.70. The van der Waals surface area contributed by atoms with Crippen molar-refractivity contribution >= 4 is 46.4 Å². The predicted octanol–water partition coefficient (Wildman–Crippen LogP) is 4.32. The van der Waals surface area contributed by atoms with Gasteiger partial charge in [-0.2, -0.15) is 0 Å². The SMILES string of the molecule is CN(Cc1ccc(Cl)c(Cl)c1)C(=O)C1CCCN1C(=O)c1cccs1. The highest BCUT2D eigenvalue weighted by atomic mass is 35.5. The number of amides is 2. The summed E-state index contributed by atoms with van der Waals surface area (Å²) in [5.41, 5.74) is 0.902. The van der Waals surface area contributed by atoms with E-state index in [1.165, 1.54) is 11.3 Å². The number of likely N-dealkylation sites (N-methyl/N-ethyl adjacent to an activating group) is 1. The van der Waals surface area contributed by atoms with E-state index in [0.29, 0.717) is 34.4 Å². The second-order valence-corrected chi connectivity index (χ2v) is 7.84. The first-order valence-corrected chi connectivity index (χ1v) is 9.64. The minimum atomic E-state index is -0.401. The third kappa shape index (κ3) is 4.00. The monoisotopic (exact) mass is 396 g/mol. The maximum atomic E-state index is 12.9. The van der Waals surface area contributed by atoms with Gasteiger partial charge in [-0.25, -0.2) is 0 Å². The number of hydrogen-bond donors (Lipinski definition) is 0. The zero-order valence-corrected chi connectivity index (χ0v) is 16.1. The van der Waals surface area contributed by atoms with Gasteiger partial charge in [-0.05, 0) is 42.0 Å². The summed E-state index contributed by atoms with van der Waals surface area (Å²) in [6.07, 6.45) is 1.54. The van der Waals surface area contributed by atoms with Crippen molar-refractivity contribution in [2.75, 3.05) is 13.6 Å². The van der Waals surface area contributed by atoms with Crippen LogP contribution in [0.5, 0.6) is 0 Å². The molecule has 1 aliphatic heterocycles. The molecule has 1 fully saturated rings. The number of hydrogen-bond acceptors (Lipinski definition) is 3. The Labute approximate surface area is 160 Å². The quantitative estimate of drug-likeness (QED) is 0.771. The smallest absolute Gasteiger partial charge is 0.264 e. The van der Waals surface area contributed by atoms with Crippen LogP contribution in [0.4, 0.5) is 0 Å². The van der Waals surface area contributed by atoms with Crippen LogP contribution in [0.1, 0.15) is 28.1 Å². The average Bonchev–Trinajstić information content (AvgIpc) is 3.28. The normalized spacial score (nSPS) is 16.9. The fourth-order valence-electron chi connectivity index (χ4n) is 3.05. The predicted molar refractivity (Wildman–Crippen MR) is 101 cm³/mol. The standard InChI is InChI=1S/C18H18Cl2N2O2S/c1-21(11-12-6-7-13(19)14(20)10-12)17(23)15-4-2-8-22(15)18(24)16-5-3-9-25-16/h3,5-7,9-10,15H,2,4,8,11H2,1H3. The lowest BCUT2D eigenvalue weighted by Gasteiger charge is -2.28. The number of rotatable bonds is 4. The molecule has 1 aliphatic rings. The molecular formula is C18H18Cl2N2O2S. The molecule has 4 nitrogen and oxygen atoms in total. The van der Waals surface area contributed by atoms with Crippen molar-refractivity contribution in [2.45, 2.75) is 25.4 Å². The largest absolute Gasteiger partial charge is 0.340 e. The summed E-state index contributed by atoms with van der Waals surface area (Å²) in [5.74, 6) is -0.109. The third-order valence-electron chi connectivity index (χ3n) is 4.31. The molecule has 0 saturated carbocycles. The van der Waals surface area contributed by atoms with Crippen molar-refractivity contribution in [2.24, 2.45) is 0 Å². The van der Waals surface area contributed by atoms with E-state index in [1.54, 1.807) is 35.0 Å². The Hall–Kier alpha value is -1.56. The molecule has 2 heterocycles. The fourth-order valence-corrected chi connectivity index (χ4v) is 4.05. The van der Waals surface area contributed by atoms with Gasteiger partial charge in [0.15, 0.2) is 0 Å². The van der Waals surface area contributed by atoms with Crippen LogP contribution in [0.15, 0.2) is 35.7 Å². The minimum absolute atomic E-state index is 0.0477. The Morgan fingerprint density at radius 2 is 2.08 bits per heavy atom. The van der Waals surface area contributed by atoms with E-state index in [9.17, 15) is 9.59 Å². The molecule has 2 amide bonds. The summed E-state index contributed by atoms with van der Waals surface area (Å²) in [4.78, 5) is 29.5. The summed E-state index contributed by atoms with van der Waals surface area (Å²) < 4.78 is 0. The molecule has 0 aliphatic carbocycles. The first kappa shape index (κ1) is 18.2. The Kier molecular flexibility index (Phi) is 5.67. The molecular weight excluding hydrogens is 379 g/mol. The molecule has 1 atom stereocenters. The second kappa shape index (κ2) is 7.77. The molecule has 1 saturated heterocycles. The highest BCUT2D eigenvalue weighted by Gasteiger charge is 2.36. The van der Waals surface area contributed by atoms with Crippen molar-refractivity contribution in [3.8, 4) is 0 Å². The maximum absolute atomic E-state index is 12.9. The zero-order chi connectivity index (χ0) is 18.0. The molecule has 0 spiro atoms. The number of likely N-dealkylation sites (tertiary alicyclic amines) is 1. The number of benzene rings is 1. The lowest BCUT2D eigenvalue weighted by Crippen LogP contribution is -2.46. The van der Waals surface area contributed by atoms with Gasteiger partial charge >= 0.3 is 0 Å². The Morgan fingerprint density at radius 3 is 2.76 bits per heavy atom. The van der Waals surface area contributed by atoms with E-state index in [0.717, 1.165) is 12.0 Å². The van der Waals surface area contributed by atoms with Gasteiger partial charge in [0.2, 0.25) is 5.91 Å². The number of carbonyl (C=O) groups is 2. The van der Waals surface area contributed by atoms with Gasteiger partial charge < -0.3 is 9.80 Å². The Morgan fingerprint density at radius 1 is 1.28 bits per heavy atom. The minimum Gasteiger partial charge on any atom is -0.340 e. The summed E-state index contributed by atoms with van der Waals surface area (Å²) >= 11 is 13.4. The molecule has 7 heteroatoms. The van der Waals surface area contributed by atoms with Crippen molar-refractivity contribution in [3.05, 3.63) is 56.2 Å². The van der Waals surface area contributed by atoms with E-state index in [4.69, 9.17) is 23.2 Å². The van der Waals surface area contributed by atoms with Crippen LogP contribution in [-0.2, 0) is 11.3 Å². The first-order chi connectivity index (χ1) is 12.0. The summed E-state index contributed by atoms with van der Waals surface area (Å²) in [6.45, 7) is 1.04. The van der Waals surface area contributed by atoms with E-state index in [1.807, 2.05) is 17.5 Å². The molecule has 0 bridgehead atoms. The zero-order valence-electron chi connectivity index (χ0n) is 13.7. The van der Waals surface area contributed by atoms with Crippen LogP contribution >= 0.6 is 34.5 Å². The lowest BCUT2D eigenvalue weighted by molar-refractivity contribution is -0.134. The topological polar surface area (TPSA) is 40.6 Å². The van der Waals surface area contributed by atoms with Crippen LogP contribution in [0.2, 0.25) is 10.0 Å². The van der Waals surface area contributed by atoms with Crippen molar-refractivity contribution in [3.63, 3.8) is 0 Å². The Bertz CT molecular complexity index is 779. The molecule has 1 aromatic heterocycles. The van der Waals surface area contributed by atoms with E-state index in [2.05, 4.69) is 0 Å². The highest BCUT2D eigenvalue weighted by Crippen LogP contribution is 2.25. The molecule has 25 heavy (non-hydrogen) atoms. The number of carbonyl (C=O) groups excluding carboxylic acids is 2.